The quantitative estimate of drug-likeness (QED) is 0.831. The molecule has 0 aromatic heterocycles. The zero-order chi connectivity index (χ0) is 13.1. The molecular weight excluding hydrogens is 248 g/mol. The van der Waals surface area contributed by atoms with Crippen molar-refractivity contribution in [1.29, 1.82) is 5.26 Å². The largest absolute Gasteiger partial charge is 0.455 e. The number of nitrogen functional groups attached to an aromatic ring is 1. The average Bonchev–Trinajstić information content (AvgIpc) is 2.37. The van der Waals surface area contributed by atoms with Crippen molar-refractivity contribution in [2.75, 3.05) is 5.73 Å². The predicted octanol–water partition coefficient (Wildman–Crippen LogP) is 3.89. The summed E-state index contributed by atoms with van der Waals surface area (Å²) in [6, 6.07) is 12.5. The Balaban J connectivity index is 2.40. The number of benzene rings is 2. The van der Waals surface area contributed by atoms with Crippen molar-refractivity contribution in [2.24, 2.45) is 0 Å². The second-order valence-electron chi connectivity index (χ2n) is 3.85. The van der Waals surface area contributed by atoms with Gasteiger partial charge < -0.3 is 10.5 Å². The van der Waals surface area contributed by atoms with Crippen LogP contribution in [0.5, 0.6) is 11.5 Å². The lowest BCUT2D eigenvalue weighted by Crippen LogP contribution is -1.94. The summed E-state index contributed by atoms with van der Waals surface area (Å²) in [5, 5.41) is 9.31. The number of nitrogens with two attached hydrogens (primary N) is 1. The highest BCUT2D eigenvalue weighted by molar-refractivity contribution is 6.33. The molecule has 0 aliphatic heterocycles. The maximum Gasteiger partial charge on any atom is 0.151 e. The van der Waals surface area contributed by atoms with Gasteiger partial charge in [0.05, 0.1) is 22.3 Å². The molecule has 2 aromatic carbocycles. The molecule has 0 aliphatic carbocycles. The molecule has 0 saturated carbocycles. The molecule has 0 saturated heterocycles. The van der Waals surface area contributed by atoms with Gasteiger partial charge in [-0.3, -0.25) is 0 Å². The van der Waals surface area contributed by atoms with Crippen LogP contribution < -0.4 is 10.5 Å². The summed E-state index contributed by atoms with van der Waals surface area (Å²) >= 11 is 5.92. The van der Waals surface area contributed by atoms with Gasteiger partial charge in [0, 0.05) is 0 Å². The van der Waals surface area contributed by atoms with Crippen LogP contribution in [0.25, 0.3) is 0 Å². The first-order chi connectivity index (χ1) is 8.61. The number of nitrogens with zero attached hydrogens (tertiary/aromatic N) is 1. The molecule has 0 atom stereocenters. The maximum absolute atomic E-state index is 8.87. The summed E-state index contributed by atoms with van der Waals surface area (Å²) in [5.74, 6) is 1.09. The minimum absolute atomic E-state index is 0.390. The standard InChI is InChI=1S/C14H11ClN2O/c1-9-5-6-10(8-16)7-13(9)18-12-4-2-3-11(15)14(12)17/h2-7H,17H2,1H3. The second-order valence-corrected chi connectivity index (χ2v) is 4.25. The maximum atomic E-state index is 8.87. The molecule has 0 heterocycles. The van der Waals surface area contributed by atoms with E-state index in [4.69, 9.17) is 27.3 Å². The summed E-state index contributed by atoms with van der Waals surface area (Å²) in [5.41, 5.74) is 7.68. The monoisotopic (exact) mass is 258 g/mol. The van der Waals surface area contributed by atoms with Crippen LogP contribution in [0.4, 0.5) is 5.69 Å². The molecule has 0 unspecified atom stereocenters. The molecule has 0 aliphatic rings. The molecule has 90 valence electrons. The molecule has 0 amide bonds. The number of hydrogen-bond donors (Lipinski definition) is 1. The predicted molar refractivity (Wildman–Crippen MR) is 71.8 cm³/mol. The highest BCUT2D eigenvalue weighted by Crippen LogP contribution is 2.34. The normalized spacial score (nSPS) is 9.83. The summed E-state index contributed by atoms with van der Waals surface area (Å²) in [6.45, 7) is 1.90. The van der Waals surface area contributed by atoms with Crippen LogP contribution in [-0.4, -0.2) is 0 Å². The van der Waals surface area contributed by atoms with E-state index in [1.807, 2.05) is 13.0 Å². The summed E-state index contributed by atoms with van der Waals surface area (Å²) in [4.78, 5) is 0. The molecule has 4 heteroatoms. The number of halogens is 1. The van der Waals surface area contributed by atoms with Crippen LogP contribution >= 0.6 is 11.6 Å². The Kier molecular flexibility index (Phi) is 3.40. The molecule has 0 fully saturated rings. The smallest absolute Gasteiger partial charge is 0.151 e. The zero-order valence-corrected chi connectivity index (χ0v) is 10.5. The SMILES string of the molecule is Cc1ccc(C#N)cc1Oc1cccc(Cl)c1N. The lowest BCUT2D eigenvalue weighted by atomic mass is 10.1. The topological polar surface area (TPSA) is 59.0 Å². The first-order valence-electron chi connectivity index (χ1n) is 5.34. The molecule has 0 bridgehead atoms. The van der Waals surface area contributed by atoms with Gasteiger partial charge in [-0.1, -0.05) is 23.7 Å². The molecule has 2 N–H and O–H groups in total. The van der Waals surface area contributed by atoms with E-state index in [0.717, 1.165) is 5.56 Å². The number of aryl methyl sites for hydroxylation is 1. The second kappa shape index (κ2) is 4.99. The zero-order valence-electron chi connectivity index (χ0n) is 9.77. The Labute approximate surface area is 110 Å². The third-order valence-corrected chi connectivity index (χ3v) is 2.88. The molecule has 2 aromatic rings. The van der Waals surface area contributed by atoms with E-state index in [1.165, 1.54) is 0 Å². The third-order valence-electron chi connectivity index (χ3n) is 2.55. The van der Waals surface area contributed by atoms with Gasteiger partial charge in [-0.25, -0.2) is 0 Å². The van der Waals surface area contributed by atoms with Gasteiger partial charge >= 0.3 is 0 Å². The Morgan fingerprint density at radius 2 is 2.00 bits per heavy atom. The van der Waals surface area contributed by atoms with E-state index >= 15 is 0 Å². The highest BCUT2D eigenvalue weighted by Gasteiger charge is 2.08. The number of rotatable bonds is 2. The van der Waals surface area contributed by atoms with E-state index in [-0.39, 0.29) is 0 Å². The van der Waals surface area contributed by atoms with Gasteiger partial charge in [0.1, 0.15) is 5.75 Å². The van der Waals surface area contributed by atoms with Gasteiger partial charge in [0.25, 0.3) is 0 Å². The number of ether oxygens (including phenoxy) is 1. The summed E-state index contributed by atoms with van der Waals surface area (Å²) in [7, 11) is 0. The minimum Gasteiger partial charge on any atom is -0.455 e. The van der Waals surface area contributed by atoms with Crippen molar-refractivity contribution >= 4 is 17.3 Å². The van der Waals surface area contributed by atoms with Gasteiger partial charge in [0.15, 0.2) is 5.75 Å². The van der Waals surface area contributed by atoms with Crippen molar-refractivity contribution in [2.45, 2.75) is 6.92 Å². The highest BCUT2D eigenvalue weighted by atomic mass is 35.5. The van der Waals surface area contributed by atoms with Crippen LogP contribution in [-0.2, 0) is 0 Å². The fraction of sp³-hybridized carbons (Fsp3) is 0.0714. The number of hydrogen-bond acceptors (Lipinski definition) is 3. The van der Waals surface area contributed by atoms with Crippen molar-refractivity contribution in [3.8, 4) is 17.6 Å². The Morgan fingerprint density at radius 3 is 2.72 bits per heavy atom. The first kappa shape index (κ1) is 12.3. The lowest BCUT2D eigenvalue weighted by Gasteiger charge is -2.11. The van der Waals surface area contributed by atoms with Gasteiger partial charge in [-0.2, -0.15) is 5.26 Å². The van der Waals surface area contributed by atoms with E-state index in [9.17, 15) is 0 Å². The van der Waals surface area contributed by atoms with Crippen molar-refractivity contribution in [3.63, 3.8) is 0 Å². The molecule has 0 spiro atoms. The van der Waals surface area contributed by atoms with E-state index in [2.05, 4.69) is 6.07 Å². The van der Waals surface area contributed by atoms with Crippen LogP contribution in [0.15, 0.2) is 36.4 Å². The summed E-state index contributed by atoms with van der Waals surface area (Å²) < 4.78 is 5.70. The number of nitriles is 1. The van der Waals surface area contributed by atoms with Crippen molar-refractivity contribution < 1.29 is 4.74 Å². The Morgan fingerprint density at radius 1 is 1.22 bits per heavy atom. The van der Waals surface area contributed by atoms with Crippen molar-refractivity contribution in [1.82, 2.24) is 0 Å². The fourth-order valence-corrected chi connectivity index (χ4v) is 1.67. The van der Waals surface area contributed by atoms with Crippen molar-refractivity contribution in [3.05, 3.63) is 52.5 Å². The van der Waals surface area contributed by atoms with E-state index < -0.39 is 0 Å². The first-order valence-corrected chi connectivity index (χ1v) is 5.72. The number of para-hydroxylation sites is 1. The summed E-state index contributed by atoms with van der Waals surface area (Å²) in [6.07, 6.45) is 0. The van der Waals surface area contributed by atoms with E-state index in [0.29, 0.717) is 27.8 Å². The molecule has 18 heavy (non-hydrogen) atoms. The van der Waals surface area contributed by atoms with Crippen LogP contribution in [0.3, 0.4) is 0 Å². The number of anilines is 1. The van der Waals surface area contributed by atoms with Gasteiger partial charge in [-0.15, -0.1) is 0 Å². The van der Waals surface area contributed by atoms with Crippen LogP contribution in [0.1, 0.15) is 11.1 Å². The molecule has 3 nitrogen and oxygen atoms in total. The molecule has 2 rings (SSSR count). The van der Waals surface area contributed by atoms with E-state index in [1.54, 1.807) is 30.3 Å². The van der Waals surface area contributed by atoms with Gasteiger partial charge in [-0.05, 0) is 36.8 Å². The Hall–Kier alpha value is -2.18. The van der Waals surface area contributed by atoms with Gasteiger partial charge in [0.2, 0.25) is 0 Å². The molecule has 0 radical (unpaired) electrons. The third kappa shape index (κ3) is 2.39. The molecular formula is C14H11ClN2O. The van der Waals surface area contributed by atoms with Crippen LogP contribution in [0.2, 0.25) is 5.02 Å². The minimum atomic E-state index is 0.390. The Bertz CT molecular complexity index is 632. The lowest BCUT2D eigenvalue weighted by molar-refractivity contribution is 0.481. The van der Waals surface area contributed by atoms with Crippen LogP contribution in [0, 0.1) is 18.3 Å². The fourth-order valence-electron chi connectivity index (χ4n) is 1.50. The average molecular weight is 259 g/mol.